The predicted octanol–water partition coefficient (Wildman–Crippen LogP) is 4.83. The molecule has 0 spiro atoms. The highest BCUT2D eigenvalue weighted by Gasteiger charge is 2.26. The Hall–Kier alpha value is -3.02. The Labute approximate surface area is 185 Å². The smallest absolute Gasteiger partial charge is 0.407 e. The van der Waals surface area contributed by atoms with Crippen molar-refractivity contribution in [3.8, 4) is 0 Å². The fourth-order valence-corrected chi connectivity index (χ4v) is 3.79. The summed E-state index contributed by atoms with van der Waals surface area (Å²) in [6.07, 6.45) is 1.33. The van der Waals surface area contributed by atoms with Crippen molar-refractivity contribution in [3.05, 3.63) is 60.2 Å². The predicted molar refractivity (Wildman–Crippen MR) is 124 cm³/mol. The third-order valence-corrected chi connectivity index (χ3v) is 5.48. The van der Waals surface area contributed by atoms with Crippen molar-refractivity contribution in [2.45, 2.75) is 39.2 Å². The number of ether oxygens (including phenoxy) is 1. The van der Waals surface area contributed by atoms with Gasteiger partial charge in [0.25, 0.3) is 5.91 Å². The molecule has 0 atom stereocenters. The van der Waals surface area contributed by atoms with Crippen LogP contribution in [0.4, 0.5) is 16.2 Å². The molecule has 6 nitrogen and oxygen atoms in total. The Morgan fingerprint density at radius 3 is 2.29 bits per heavy atom. The van der Waals surface area contributed by atoms with Gasteiger partial charge in [0.05, 0.1) is 11.3 Å². The molecular formula is C25H33N3O3. The minimum absolute atomic E-state index is 0.0527. The molecule has 3 rings (SSSR count). The largest absolute Gasteiger partial charge is 0.444 e. The molecule has 0 radical (unpaired) electrons. The second-order valence-corrected chi connectivity index (χ2v) is 9.03. The summed E-state index contributed by atoms with van der Waals surface area (Å²) >= 11 is 0. The van der Waals surface area contributed by atoms with Crippen LogP contribution in [0.5, 0.6) is 0 Å². The third-order valence-electron chi connectivity index (χ3n) is 5.48. The zero-order chi connectivity index (χ0) is 22.4. The summed E-state index contributed by atoms with van der Waals surface area (Å²) < 4.78 is 5.30. The van der Waals surface area contributed by atoms with E-state index in [1.807, 2.05) is 92.2 Å². The first-order valence-electron chi connectivity index (χ1n) is 10.9. The van der Waals surface area contributed by atoms with Crippen LogP contribution in [-0.4, -0.2) is 49.2 Å². The van der Waals surface area contributed by atoms with E-state index in [0.717, 1.165) is 24.2 Å². The van der Waals surface area contributed by atoms with Gasteiger partial charge in [-0.15, -0.1) is 0 Å². The highest BCUT2D eigenvalue weighted by molar-refractivity contribution is 6.00. The van der Waals surface area contributed by atoms with Crippen LogP contribution in [0.3, 0.4) is 0 Å². The van der Waals surface area contributed by atoms with Gasteiger partial charge in [0.1, 0.15) is 5.60 Å². The van der Waals surface area contributed by atoms with E-state index in [0.29, 0.717) is 31.1 Å². The van der Waals surface area contributed by atoms with Gasteiger partial charge in [0.2, 0.25) is 0 Å². The summed E-state index contributed by atoms with van der Waals surface area (Å²) in [5.41, 5.74) is 2.14. The quantitative estimate of drug-likeness (QED) is 0.748. The SMILES string of the molecule is CN(c1ccccc1)c1ccccc1C(=O)N1CCC(CNC(=O)OC(C)(C)C)CC1. The van der Waals surface area contributed by atoms with Crippen molar-refractivity contribution in [1.29, 1.82) is 0 Å². The number of benzene rings is 2. The minimum Gasteiger partial charge on any atom is -0.444 e. The number of nitrogens with one attached hydrogen (secondary N) is 1. The van der Waals surface area contributed by atoms with Crippen LogP contribution in [-0.2, 0) is 4.74 Å². The number of anilines is 2. The molecule has 6 heteroatoms. The number of hydrogen-bond acceptors (Lipinski definition) is 4. The Kier molecular flexibility index (Phi) is 7.21. The highest BCUT2D eigenvalue weighted by Crippen LogP contribution is 2.29. The summed E-state index contributed by atoms with van der Waals surface area (Å²) in [7, 11) is 1.98. The fraction of sp³-hybridized carbons (Fsp3) is 0.440. The molecule has 1 fully saturated rings. The molecule has 1 heterocycles. The van der Waals surface area contributed by atoms with E-state index in [2.05, 4.69) is 5.32 Å². The lowest BCUT2D eigenvalue weighted by atomic mass is 9.96. The van der Waals surface area contributed by atoms with E-state index in [1.165, 1.54) is 0 Å². The van der Waals surface area contributed by atoms with Crippen molar-refractivity contribution in [2.75, 3.05) is 31.6 Å². The highest BCUT2D eigenvalue weighted by atomic mass is 16.6. The monoisotopic (exact) mass is 423 g/mol. The van der Waals surface area contributed by atoms with Gasteiger partial charge in [0, 0.05) is 32.4 Å². The number of nitrogens with zero attached hydrogens (tertiary/aromatic N) is 2. The van der Waals surface area contributed by atoms with E-state index in [-0.39, 0.29) is 12.0 Å². The third kappa shape index (κ3) is 6.23. The lowest BCUT2D eigenvalue weighted by molar-refractivity contribution is 0.0500. The topological polar surface area (TPSA) is 61.9 Å². The first-order valence-corrected chi connectivity index (χ1v) is 10.9. The molecule has 2 amide bonds. The molecule has 166 valence electrons. The number of para-hydroxylation sites is 2. The van der Waals surface area contributed by atoms with E-state index >= 15 is 0 Å². The minimum atomic E-state index is -0.500. The van der Waals surface area contributed by atoms with Crippen LogP contribution in [0.25, 0.3) is 0 Å². The second kappa shape index (κ2) is 9.86. The van der Waals surface area contributed by atoms with Crippen LogP contribution < -0.4 is 10.2 Å². The molecule has 0 bridgehead atoms. The van der Waals surface area contributed by atoms with Gasteiger partial charge in [-0.05, 0) is 63.8 Å². The molecule has 31 heavy (non-hydrogen) atoms. The number of likely N-dealkylation sites (tertiary alicyclic amines) is 1. The maximum Gasteiger partial charge on any atom is 0.407 e. The van der Waals surface area contributed by atoms with Crippen LogP contribution in [0, 0.1) is 5.92 Å². The Bertz CT molecular complexity index is 884. The molecule has 0 saturated carbocycles. The number of hydrogen-bond donors (Lipinski definition) is 1. The maximum absolute atomic E-state index is 13.3. The summed E-state index contributed by atoms with van der Waals surface area (Å²) in [4.78, 5) is 29.1. The number of amides is 2. The van der Waals surface area contributed by atoms with Crippen LogP contribution in [0.1, 0.15) is 44.0 Å². The van der Waals surface area contributed by atoms with Crippen molar-refractivity contribution in [1.82, 2.24) is 10.2 Å². The normalized spacial score (nSPS) is 14.8. The molecule has 2 aromatic carbocycles. The molecule has 2 aromatic rings. The van der Waals surface area contributed by atoms with E-state index < -0.39 is 5.60 Å². The van der Waals surface area contributed by atoms with E-state index in [1.54, 1.807) is 0 Å². The number of rotatable bonds is 5. The average molecular weight is 424 g/mol. The Morgan fingerprint density at radius 2 is 1.65 bits per heavy atom. The van der Waals surface area contributed by atoms with Crippen molar-refractivity contribution in [2.24, 2.45) is 5.92 Å². The lowest BCUT2D eigenvalue weighted by Crippen LogP contribution is -2.42. The molecule has 1 aliphatic rings. The van der Waals surface area contributed by atoms with Gasteiger partial charge in [-0.25, -0.2) is 4.79 Å². The standard InChI is InChI=1S/C25H33N3O3/c1-25(2,3)31-24(30)26-18-19-14-16-28(17-15-19)23(29)21-12-8-9-13-22(21)27(4)20-10-6-5-7-11-20/h5-13,19H,14-18H2,1-4H3,(H,26,30). The summed E-state index contributed by atoms with van der Waals surface area (Å²) in [5, 5.41) is 2.86. The molecule has 1 saturated heterocycles. The Morgan fingerprint density at radius 1 is 1.03 bits per heavy atom. The van der Waals surface area contributed by atoms with E-state index in [4.69, 9.17) is 4.74 Å². The fourth-order valence-electron chi connectivity index (χ4n) is 3.79. The van der Waals surface area contributed by atoms with Gasteiger partial charge >= 0.3 is 6.09 Å². The molecule has 0 aliphatic carbocycles. The first-order chi connectivity index (χ1) is 14.7. The Balaban J connectivity index is 1.59. The van der Waals surface area contributed by atoms with Crippen molar-refractivity contribution >= 4 is 23.4 Å². The lowest BCUT2D eigenvalue weighted by Gasteiger charge is -2.33. The average Bonchev–Trinajstić information content (AvgIpc) is 2.76. The maximum atomic E-state index is 13.3. The summed E-state index contributed by atoms with van der Waals surface area (Å²) in [5.74, 6) is 0.399. The molecule has 0 unspecified atom stereocenters. The van der Waals surface area contributed by atoms with Crippen LogP contribution in [0.15, 0.2) is 54.6 Å². The summed E-state index contributed by atoms with van der Waals surface area (Å²) in [6.45, 7) is 7.49. The molecule has 1 aliphatic heterocycles. The van der Waals surface area contributed by atoms with Crippen LogP contribution in [0.2, 0.25) is 0 Å². The number of alkyl carbamates (subject to hydrolysis) is 1. The van der Waals surface area contributed by atoms with Crippen LogP contribution >= 0.6 is 0 Å². The molecule has 0 aromatic heterocycles. The zero-order valence-corrected chi connectivity index (χ0v) is 18.9. The van der Waals surface area contributed by atoms with Crippen molar-refractivity contribution in [3.63, 3.8) is 0 Å². The van der Waals surface area contributed by atoms with Gasteiger partial charge in [-0.3, -0.25) is 4.79 Å². The van der Waals surface area contributed by atoms with Gasteiger partial charge in [-0.1, -0.05) is 30.3 Å². The van der Waals surface area contributed by atoms with Gasteiger partial charge in [0.15, 0.2) is 0 Å². The molecule has 1 N–H and O–H groups in total. The summed E-state index contributed by atoms with van der Waals surface area (Å²) in [6, 6.07) is 17.8. The first kappa shape index (κ1) is 22.7. The van der Waals surface area contributed by atoms with Gasteiger partial charge < -0.3 is 19.9 Å². The number of piperidine rings is 1. The number of carbonyl (C=O) groups is 2. The van der Waals surface area contributed by atoms with Crippen molar-refractivity contribution < 1.29 is 14.3 Å². The van der Waals surface area contributed by atoms with E-state index in [9.17, 15) is 9.59 Å². The zero-order valence-electron chi connectivity index (χ0n) is 18.9. The number of carbonyl (C=O) groups excluding carboxylic acids is 2. The molecular weight excluding hydrogens is 390 g/mol. The van der Waals surface area contributed by atoms with Gasteiger partial charge in [-0.2, -0.15) is 0 Å². The second-order valence-electron chi connectivity index (χ2n) is 9.03.